The molecule has 106 valence electrons. The quantitative estimate of drug-likeness (QED) is 0.882. The van der Waals surface area contributed by atoms with Gasteiger partial charge in [-0.2, -0.15) is 5.10 Å². The maximum atomic E-state index is 12.1. The summed E-state index contributed by atoms with van der Waals surface area (Å²) in [5, 5.41) is 6.77. The van der Waals surface area contributed by atoms with Crippen LogP contribution in [0.15, 0.2) is 30.5 Å². The first-order valence-electron chi connectivity index (χ1n) is 6.48. The van der Waals surface area contributed by atoms with Crippen LogP contribution in [0.25, 0.3) is 0 Å². The number of benzene rings is 1. The molecule has 0 aliphatic rings. The Morgan fingerprint density at radius 2 is 1.85 bits per heavy atom. The molecule has 2 aromatic rings. The first-order chi connectivity index (χ1) is 9.29. The summed E-state index contributed by atoms with van der Waals surface area (Å²) in [6, 6.07) is 7.82. The summed E-state index contributed by atoms with van der Waals surface area (Å²) in [5.41, 5.74) is 8.21. The minimum atomic E-state index is -0.251. The third-order valence-electron chi connectivity index (χ3n) is 3.24. The van der Waals surface area contributed by atoms with Crippen molar-refractivity contribution >= 4 is 17.4 Å². The van der Waals surface area contributed by atoms with Gasteiger partial charge in [0.15, 0.2) is 0 Å². The van der Waals surface area contributed by atoms with Gasteiger partial charge in [0.2, 0.25) is 0 Å². The van der Waals surface area contributed by atoms with E-state index < -0.39 is 0 Å². The fraction of sp³-hybridized carbons (Fsp3) is 0.333. The van der Waals surface area contributed by atoms with E-state index in [4.69, 9.17) is 5.73 Å². The molecule has 0 fully saturated rings. The molecule has 1 aromatic carbocycles. The maximum Gasteiger partial charge on any atom is 0.261 e. The third-order valence-corrected chi connectivity index (χ3v) is 3.24. The van der Waals surface area contributed by atoms with Crippen molar-refractivity contribution in [2.75, 3.05) is 11.1 Å². The zero-order chi connectivity index (χ0) is 14.9. The van der Waals surface area contributed by atoms with Crippen LogP contribution < -0.4 is 11.1 Å². The second-order valence-electron chi connectivity index (χ2n) is 5.85. The van der Waals surface area contributed by atoms with Gasteiger partial charge < -0.3 is 11.1 Å². The Bertz CT molecular complexity index is 620. The van der Waals surface area contributed by atoms with Gasteiger partial charge in [-0.05, 0) is 23.1 Å². The van der Waals surface area contributed by atoms with Gasteiger partial charge in [-0.15, -0.1) is 0 Å². The molecule has 0 aliphatic heterocycles. The van der Waals surface area contributed by atoms with E-state index in [0.717, 1.165) is 5.69 Å². The van der Waals surface area contributed by atoms with Gasteiger partial charge in [0.05, 0.1) is 6.20 Å². The Labute approximate surface area is 118 Å². The number of carbonyl (C=O) groups is 1. The van der Waals surface area contributed by atoms with E-state index in [1.165, 1.54) is 16.4 Å². The van der Waals surface area contributed by atoms with Gasteiger partial charge >= 0.3 is 0 Å². The highest BCUT2D eigenvalue weighted by atomic mass is 16.1. The summed E-state index contributed by atoms with van der Waals surface area (Å²) in [4.78, 5) is 12.1. The third kappa shape index (κ3) is 2.82. The molecule has 0 unspecified atom stereocenters. The fourth-order valence-electron chi connectivity index (χ4n) is 1.87. The molecule has 0 spiro atoms. The lowest BCUT2D eigenvalue weighted by Crippen LogP contribution is -2.14. The summed E-state index contributed by atoms with van der Waals surface area (Å²) in [7, 11) is 1.70. The molecule has 2 rings (SSSR count). The van der Waals surface area contributed by atoms with Crippen LogP contribution in [0.2, 0.25) is 0 Å². The minimum absolute atomic E-state index is 0.0936. The standard InChI is InChI=1S/C15H20N4O/c1-15(2,3)10-5-7-11(8-6-10)18-14(20)12-9-17-19(4)13(12)16/h5-9H,16H2,1-4H3,(H,18,20). The van der Waals surface area contributed by atoms with Crippen molar-refractivity contribution in [3.8, 4) is 0 Å². The smallest absolute Gasteiger partial charge is 0.261 e. The van der Waals surface area contributed by atoms with E-state index >= 15 is 0 Å². The van der Waals surface area contributed by atoms with Crippen molar-refractivity contribution in [2.24, 2.45) is 7.05 Å². The van der Waals surface area contributed by atoms with Crippen molar-refractivity contribution in [1.29, 1.82) is 0 Å². The number of rotatable bonds is 2. The molecule has 0 saturated heterocycles. The van der Waals surface area contributed by atoms with Crippen molar-refractivity contribution in [1.82, 2.24) is 9.78 Å². The van der Waals surface area contributed by atoms with Crippen LogP contribution in [0.5, 0.6) is 0 Å². The van der Waals surface area contributed by atoms with Crippen molar-refractivity contribution < 1.29 is 4.79 Å². The number of carbonyl (C=O) groups excluding carboxylic acids is 1. The van der Waals surface area contributed by atoms with Gasteiger partial charge in [0.25, 0.3) is 5.91 Å². The lowest BCUT2D eigenvalue weighted by molar-refractivity contribution is 0.102. The second-order valence-corrected chi connectivity index (χ2v) is 5.85. The predicted molar refractivity (Wildman–Crippen MR) is 80.7 cm³/mol. The van der Waals surface area contributed by atoms with E-state index in [2.05, 4.69) is 31.2 Å². The molecule has 0 atom stereocenters. The highest BCUT2D eigenvalue weighted by Crippen LogP contribution is 2.23. The van der Waals surface area contributed by atoms with Gasteiger partial charge in [-0.1, -0.05) is 32.9 Å². The molecule has 5 heteroatoms. The zero-order valence-electron chi connectivity index (χ0n) is 12.3. The Morgan fingerprint density at radius 1 is 1.25 bits per heavy atom. The summed E-state index contributed by atoms with van der Waals surface area (Å²) in [5.74, 6) is 0.105. The summed E-state index contributed by atoms with van der Waals surface area (Å²) < 4.78 is 1.47. The normalized spacial score (nSPS) is 11.4. The van der Waals surface area contributed by atoms with E-state index in [1.807, 2.05) is 24.3 Å². The Hall–Kier alpha value is -2.30. The zero-order valence-corrected chi connectivity index (χ0v) is 12.3. The highest BCUT2D eigenvalue weighted by molar-refractivity contribution is 6.07. The number of anilines is 2. The molecule has 3 N–H and O–H groups in total. The van der Waals surface area contributed by atoms with E-state index in [0.29, 0.717) is 11.4 Å². The largest absolute Gasteiger partial charge is 0.383 e. The highest BCUT2D eigenvalue weighted by Gasteiger charge is 2.15. The average molecular weight is 272 g/mol. The SMILES string of the molecule is Cn1ncc(C(=O)Nc2ccc(C(C)(C)C)cc2)c1N. The van der Waals surface area contributed by atoms with E-state index in [-0.39, 0.29) is 11.3 Å². The Kier molecular flexibility index (Phi) is 3.53. The number of nitrogens with zero attached hydrogens (tertiary/aromatic N) is 2. The Morgan fingerprint density at radius 3 is 2.30 bits per heavy atom. The molecule has 1 aromatic heterocycles. The van der Waals surface area contributed by atoms with Crippen LogP contribution in [0.1, 0.15) is 36.7 Å². The topological polar surface area (TPSA) is 72.9 Å². The molecule has 1 heterocycles. The van der Waals surface area contributed by atoms with Crippen molar-refractivity contribution in [3.05, 3.63) is 41.6 Å². The molecule has 20 heavy (non-hydrogen) atoms. The average Bonchev–Trinajstić information content (AvgIpc) is 2.69. The van der Waals surface area contributed by atoms with E-state index in [9.17, 15) is 4.79 Å². The molecule has 5 nitrogen and oxygen atoms in total. The molecule has 0 saturated carbocycles. The van der Waals surface area contributed by atoms with Crippen LogP contribution in [-0.2, 0) is 12.5 Å². The molecule has 0 aliphatic carbocycles. The van der Waals surface area contributed by atoms with Crippen LogP contribution in [0, 0.1) is 0 Å². The van der Waals surface area contributed by atoms with Crippen molar-refractivity contribution in [2.45, 2.75) is 26.2 Å². The number of aromatic nitrogens is 2. The number of nitrogen functional groups attached to an aromatic ring is 1. The van der Waals surface area contributed by atoms with Gasteiger partial charge in [0.1, 0.15) is 11.4 Å². The number of hydrogen-bond donors (Lipinski definition) is 2. The van der Waals surface area contributed by atoms with Gasteiger partial charge in [-0.25, -0.2) is 0 Å². The number of hydrogen-bond acceptors (Lipinski definition) is 3. The number of amides is 1. The molecule has 0 bridgehead atoms. The van der Waals surface area contributed by atoms with E-state index in [1.54, 1.807) is 7.05 Å². The Balaban J connectivity index is 2.15. The van der Waals surface area contributed by atoms with Crippen LogP contribution in [0.3, 0.4) is 0 Å². The number of aryl methyl sites for hydroxylation is 1. The van der Waals surface area contributed by atoms with Crippen molar-refractivity contribution in [3.63, 3.8) is 0 Å². The van der Waals surface area contributed by atoms with Gasteiger partial charge in [0, 0.05) is 12.7 Å². The maximum absolute atomic E-state index is 12.1. The van der Waals surface area contributed by atoms with Gasteiger partial charge in [-0.3, -0.25) is 9.48 Å². The number of nitrogens with two attached hydrogens (primary N) is 1. The monoisotopic (exact) mass is 272 g/mol. The van der Waals surface area contributed by atoms with Crippen LogP contribution in [-0.4, -0.2) is 15.7 Å². The molecular weight excluding hydrogens is 252 g/mol. The fourth-order valence-corrected chi connectivity index (χ4v) is 1.87. The first kappa shape index (κ1) is 14.1. The lowest BCUT2D eigenvalue weighted by Gasteiger charge is -2.19. The molecule has 1 amide bonds. The predicted octanol–water partition coefficient (Wildman–Crippen LogP) is 2.55. The number of nitrogens with one attached hydrogen (secondary N) is 1. The van der Waals surface area contributed by atoms with Crippen LogP contribution in [0.4, 0.5) is 11.5 Å². The lowest BCUT2D eigenvalue weighted by atomic mass is 9.87. The van der Waals surface area contributed by atoms with Crippen LogP contribution >= 0.6 is 0 Å². The molecular formula is C15H20N4O. The molecule has 0 radical (unpaired) electrons. The minimum Gasteiger partial charge on any atom is -0.383 e. The summed E-state index contributed by atoms with van der Waals surface area (Å²) in [6.07, 6.45) is 1.47. The first-order valence-corrected chi connectivity index (χ1v) is 6.48. The summed E-state index contributed by atoms with van der Waals surface area (Å²) >= 11 is 0. The summed E-state index contributed by atoms with van der Waals surface area (Å²) in [6.45, 7) is 6.45. The second kappa shape index (κ2) is 5.00.